The van der Waals surface area contributed by atoms with Gasteiger partial charge in [0.2, 0.25) is 0 Å². The van der Waals surface area contributed by atoms with Gasteiger partial charge >= 0.3 is 12.2 Å². The normalized spacial score (nSPS) is 11.4. The summed E-state index contributed by atoms with van der Waals surface area (Å²) >= 11 is 0. The van der Waals surface area contributed by atoms with Crippen molar-refractivity contribution >= 4 is 24.2 Å². The average molecular weight is 463 g/mol. The molecule has 0 bridgehead atoms. The number of nitrogens with one attached hydrogen (secondary N) is 3. The van der Waals surface area contributed by atoms with E-state index in [9.17, 15) is 14.4 Å². The summed E-state index contributed by atoms with van der Waals surface area (Å²) in [6.45, 7) is -0.0249. The van der Waals surface area contributed by atoms with Crippen molar-refractivity contribution in [2.24, 2.45) is 0 Å². The standard InChI is InChI=1S/C25H25N3O6/c29-23(14-13-22-12-7-15-32-22)27-28-25(31)34-18-21(16-19-8-3-1-4-9-19)26-24(30)33-17-20-10-5-2-6-11-20/h1-15,21H,16-18H2,(H,26,30)(H,27,29)(H,28,31). The van der Waals surface area contributed by atoms with E-state index in [0.717, 1.165) is 11.1 Å². The Balaban J connectivity index is 1.46. The number of furan rings is 1. The van der Waals surface area contributed by atoms with Crippen LogP contribution in [0.1, 0.15) is 16.9 Å². The van der Waals surface area contributed by atoms with Crippen LogP contribution in [0.5, 0.6) is 0 Å². The topological polar surface area (TPSA) is 119 Å². The van der Waals surface area contributed by atoms with Crippen LogP contribution in [0.2, 0.25) is 0 Å². The first-order valence-electron chi connectivity index (χ1n) is 10.5. The lowest BCUT2D eigenvalue weighted by Crippen LogP contribution is -2.45. The van der Waals surface area contributed by atoms with Gasteiger partial charge in [-0.05, 0) is 35.8 Å². The molecule has 3 amide bonds. The Labute approximate surface area is 196 Å². The van der Waals surface area contributed by atoms with Crippen molar-refractivity contribution < 1.29 is 28.3 Å². The number of alkyl carbamates (subject to hydrolysis) is 1. The Hall–Kier alpha value is -4.53. The molecule has 1 unspecified atom stereocenters. The number of benzene rings is 2. The quantitative estimate of drug-likeness (QED) is 0.330. The maximum absolute atomic E-state index is 12.3. The zero-order valence-electron chi connectivity index (χ0n) is 18.3. The molecule has 9 heteroatoms. The lowest BCUT2D eigenvalue weighted by molar-refractivity contribution is -0.117. The highest BCUT2D eigenvalue weighted by molar-refractivity contribution is 5.92. The SMILES string of the molecule is O=C(C=Cc1ccco1)NNC(=O)OCC(Cc1ccccc1)NC(=O)OCc1ccccc1. The van der Waals surface area contributed by atoms with E-state index in [1.54, 1.807) is 12.1 Å². The second-order valence-electron chi connectivity index (χ2n) is 7.15. The molecule has 1 atom stereocenters. The molecule has 1 heterocycles. The van der Waals surface area contributed by atoms with Gasteiger partial charge in [-0.3, -0.25) is 10.2 Å². The van der Waals surface area contributed by atoms with Crippen LogP contribution in [0, 0.1) is 0 Å². The molecule has 1 aromatic heterocycles. The monoisotopic (exact) mass is 463 g/mol. The van der Waals surface area contributed by atoms with Crippen molar-refractivity contribution in [3.63, 3.8) is 0 Å². The number of hydrogen-bond acceptors (Lipinski definition) is 6. The summed E-state index contributed by atoms with van der Waals surface area (Å²) in [5.74, 6) is -0.0801. The fraction of sp³-hybridized carbons (Fsp3) is 0.160. The minimum absolute atomic E-state index is 0.115. The minimum atomic E-state index is -0.878. The zero-order chi connectivity index (χ0) is 24.0. The van der Waals surface area contributed by atoms with E-state index >= 15 is 0 Å². The largest absolute Gasteiger partial charge is 0.465 e. The molecular weight excluding hydrogens is 438 g/mol. The van der Waals surface area contributed by atoms with Gasteiger partial charge in [0, 0.05) is 6.08 Å². The Morgan fingerprint density at radius 1 is 0.824 bits per heavy atom. The first-order chi connectivity index (χ1) is 16.6. The molecule has 0 saturated heterocycles. The van der Waals surface area contributed by atoms with Gasteiger partial charge in [-0.15, -0.1) is 0 Å². The van der Waals surface area contributed by atoms with Gasteiger partial charge in [-0.2, -0.15) is 0 Å². The molecule has 0 aliphatic carbocycles. The van der Waals surface area contributed by atoms with Crippen molar-refractivity contribution in [2.75, 3.05) is 6.61 Å². The van der Waals surface area contributed by atoms with Gasteiger partial charge in [0.05, 0.1) is 12.3 Å². The molecule has 0 aliphatic heterocycles. The summed E-state index contributed by atoms with van der Waals surface area (Å²) in [4.78, 5) is 36.1. The molecule has 3 N–H and O–H groups in total. The summed E-state index contributed by atoms with van der Waals surface area (Å²) in [5, 5.41) is 2.72. The number of rotatable bonds is 9. The predicted molar refractivity (Wildman–Crippen MR) is 124 cm³/mol. The van der Waals surface area contributed by atoms with Gasteiger partial charge in [0.1, 0.15) is 19.0 Å². The Morgan fingerprint density at radius 3 is 2.21 bits per heavy atom. The number of amides is 3. The van der Waals surface area contributed by atoms with Crippen molar-refractivity contribution in [3.8, 4) is 0 Å². The lowest BCUT2D eigenvalue weighted by Gasteiger charge is -2.19. The fourth-order valence-electron chi connectivity index (χ4n) is 2.89. The molecule has 9 nitrogen and oxygen atoms in total. The van der Waals surface area contributed by atoms with Crippen LogP contribution < -0.4 is 16.2 Å². The number of hydrazine groups is 1. The summed E-state index contributed by atoms with van der Waals surface area (Å²) in [6, 6.07) is 21.5. The highest BCUT2D eigenvalue weighted by atomic mass is 16.6. The van der Waals surface area contributed by atoms with Crippen LogP contribution in [0.15, 0.2) is 89.6 Å². The van der Waals surface area contributed by atoms with Crippen LogP contribution in [-0.2, 0) is 27.3 Å². The van der Waals surface area contributed by atoms with Gasteiger partial charge in [0.25, 0.3) is 5.91 Å². The third-order valence-electron chi connectivity index (χ3n) is 4.51. The molecule has 0 spiro atoms. The molecule has 0 fully saturated rings. The van der Waals surface area contributed by atoms with Crippen molar-refractivity contribution in [1.29, 1.82) is 0 Å². The zero-order valence-corrected chi connectivity index (χ0v) is 18.3. The van der Waals surface area contributed by atoms with Crippen LogP contribution in [0.25, 0.3) is 6.08 Å². The molecule has 3 aromatic rings. The Bertz CT molecular complexity index is 1070. The van der Waals surface area contributed by atoms with Gasteiger partial charge in [-0.1, -0.05) is 60.7 Å². The summed E-state index contributed by atoms with van der Waals surface area (Å²) < 4.78 is 15.5. The molecule has 34 heavy (non-hydrogen) atoms. The highest BCUT2D eigenvalue weighted by Crippen LogP contribution is 2.06. The fourth-order valence-corrected chi connectivity index (χ4v) is 2.89. The van der Waals surface area contributed by atoms with Crippen molar-refractivity contribution in [3.05, 3.63) is 102 Å². The smallest absolute Gasteiger partial charge is 0.426 e. The van der Waals surface area contributed by atoms with E-state index < -0.39 is 24.1 Å². The summed E-state index contributed by atoms with van der Waals surface area (Å²) in [7, 11) is 0. The third-order valence-corrected chi connectivity index (χ3v) is 4.51. The molecule has 2 aromatic carbocycles. The number of hydrogen-bond donors (Lipinski definition) is 3. The van der Waals surface area contributed by atoms with E-state index in [-0.39, 0.29) is 13.2 Å². The van der Waals surface area contributed by atoms with Crippen LogP contribution in [0.3, 0.4) is 0 Å². The summed E-state index contributed by atoms with van der Waals surface area (Å²) in [6.07, 6.45) is 3.02. The number of ether oxygens (including phenoxy) is 2. The van der Waals surface area contributed by atoms with Crippen molar-refractivity contribution in [1.82, 2.24) is 16.2 Å². The highest BCUT2D eigenvalue weighted by Gasteiger charge is 2.17. The second kappa shape index (κ2) is 13.1. The maximum Gasteiger partial charge on any atom is 0.426 e. The number of carbonyl (C=O) groups excluding carboxylic acids is 3. The summed E-state index contributed by atoms with van der Waals surface area (Å²) in [5.41, 5.74) is 6.13. The van der Waals surface area contributed by atoms with Crippen LogP contribution in [-0.4, -0.2) is 30.7 Å². The first kappa shape index (κ1) is 24.1. The Morgan fingerprint density at radius 2 is 1.53 bits per heavy atom. The predicted octanol–water partition coefficient (Wildman–Crippen LogP) is 3.59. The third kappa shape index (κ3) is 8.91. The van der Waals surface area contributed by atoms with E-state index in [0.29, 0.717) is 12.2 Å². The van der Waals surface area contributed by atoms with Crippen LogP contribution >= 0.6 is 0 Å². The number of carbonyl (C=O) groups is 3. The molecule has 0 radical (unpaired) electrons. The van der Waals surface area contributed by atoms with E-state index in [2.05, 4.69) is 16.2 Å². The average Bonchev–Trinajstić information content (AvgIpc) is 3.38. The van der Waals surface area contributed by atoms with Crippen LogP contribution in [0.4, 0.5) is 9.59 Å². The van der Waals surface area contributed by atoms with Gasteiger partial charge in [-0.25, -0.2) is 15.0 Å². The van der Waals surface area contributed by atoms with E-state index in [1.807, 2.05) is 60.7 Å². The van der Waals surface area contributed by atoms with Gasteiger partial charge < -0.3 is 19.2 Å². The van der Waals surface area contributed by atoms with Crippen molar-refractivity contribution in [2.45, 2.75) is 19.1 Å². The molecule has 0 saturated carbocycles. The molecule has 3 rings (SSSR count). The van der Waals surface area contributed by atoms with E-state index in [1.165, 1.54) is 18.4 Å². The molecule has 176 valence electrons. The Kier molecular flexibility index (Phi) is 9.31. The van der Waals surface area contributed by atoms with Gasteiger partial charge in [0.15, 0.2) is 0 Å². The maximum atomic E-state index is 12.3. The first-order valence-corrected chi connectivity index (χ1v) is 10.5. The molecule has 0 aliphatic rings. The second-order valence-corrected chi connectivity index (χ2v) is 7.15. The molecular formula is C25H25N3O6. The minimum Gasteiger partial charge on any atom is -0.465 e. The lowest BCUT2D eigenvalue weighted by atomic mass is 10.1. The van der Waals surface area contributed by atoms with E-state index in [4.69, 9.17) is 13.9 Å².